The first kappa shape index (κ1) is 22.8. The van der Waals surface area contributed by atoms with Gasteiger partial charge in [-0.15, -0.1) is 0 Å². The number of carbonyl (C=O) groups is 2. The lowest BCUT2D eigenvalue weighted by Crippen LogP contribution is -2.41. The van der Waals surface area contributed by atoms with Crippen LogP contribution in [0, 0.1) is 5.92 Å². The lowest BCUT2D eigenvalue weighted by molar-refractivity contribution is -0.157. The third-order valence-corrected chi connectivity index (χ3v) is 6.35. The van der Waals surface area contributed by atoms with Crippen LogP contribution in [0.4, 0.5) is 0 Å². The van der Waals surface area contributed by atoms with Crippen molar-refractivity contribution >= 4 is 11.9 Å². The first-order valence-corrected chi connectivity index (χ1v) is 11.8. The van der Waals surface area contributed by atoms with E-state index in [9.17, 15) is 9.59 Å². The topological polar surface area (TPSA) is 46.6 Å². The van der Waals surface area contributed by atoms with Crippen LogP contribution in [0.15, 0.2) is 91.0 Å². The van der Waals surface area contributed by atoms with Crippen molar-refractivity contribution in [1.29, 1.82) is 0 Å². The van der Waals surface area contributed by atoms with E-state index in [2.05, 4.69) is 12.1 Å². The number of carbonyl (C=O) groups excluding carboxylic acids is 2. The summed E-state index contributed by atoms with van der Waals surface area (Å²) in [6, 6.07) is 30.1. The van der Waals surface area contributed by atoms with Crippen LogP contribution in [-0.2, 0) is 27.2 Å². The maximum absolute atomic E-state index is 13.0. The maximum Gasteiger partial charge on any atom is 0.309 e. The smallest absolute Gasteiger partial charge is 0.309 e. The predicted octanol–water partition coefficient (Wildman–Crippen LogP) is 5.39. The second-order valence-electron chi connectivity index (χ2n) is 8.67. The molecule has 170 valence electrons. The monoisotopic (exact) mass is 441 g/mol. The predicted molar refractivity (Wildman–Crippen MR) is 129 cm³/mol. The summed E-state index contributed by atoms with van der Waals surface area (Å²) in [6.07, 6.45) is 2.90. The van der Waals surface area contributed by atoms with Crippen molar-refractivity contribution in [2.75, 3.05) is 13.1 Å². The van der Waals surface area contributed by atoms with Crippen molar-refractivity contribution in [2.45, 2.75) is 38.2 Å². The van der Waals surface area contributed by atoms with Gasteiger partial charge in [0, 0.05) is 25.9 Å². The van der Waals surface area contributed by atoms with Crippen LogP contribution in [0.5, 0.6) is 0 Å². The third-order valence-electron chi connectivity index (χ3n) is 6.35. The second-order valence-corrected chi connectivity index (χ2v) is 8.67. The van der Waals surface area contributed by atoms with E-state index in [1.807, 2.05) is 83.8 Å². The van der Waals surface area contributed by atoms with Crippen molar-refractivity contribution in [3.05, 3.63) is 108 Å². The Labute approximate surface area is 196 Å². The number of esters is 1. The van der Waals surface area contributed by atoms with Gasteiger partial charge in [0.15, 0.2) is 0 Å². The highest BCUT2D eigenvalue weighted by atomic mass is 16.5. The Morgan fingerprint density at radius 3 is 1.94 bits per heavy atom. The first-order chi connectivity index (χ1) is 16.2. The third kappa shape index (κ3) is 6.55. The maximum atomic E-state index is 13.0. The number of nitrogens with zero attached hydrogens (tertiary/aromatic N) is 1. The van der Waals surface area contributed by atoms with Gasteiger partial charge in [-0.05, 0) is 36.0 Å². The molecule has 1 saturated heterocycles. The van der Waals surface area contributed by atoms with Crippen LogP contribution < -0.4 is 0 Å². The standard InChI is InChI=1S/C29H31NO3/c31-28(17-16-23-10-4-1-5-11-23)30-20-18-26(19-21-30)29(32)33-27(25-14-8-3-9-15-25)22-24-12-6-2-7-13-24/h1-15,26-27H,16-22H2/t27-/m0/s1. The average Bonchev–Trinajstić information content (AvgIpc) is 2.88. The van der Waals surface area contributed by atoms with Gasteiger partial charge in [0.1, 0.15) is 6.10 Å². The summed E-state index contributed by atoms with van der Waals surface area (Å²) >= 11 is 0. The van der Waals surface area contributed by atoms with Gasteiger partial charge in [0.25, 0.3) is 0 Å². The number of hydrogen-bond donors (Lipinski definition) is 0. The second kappa shape index (κ2) is 11.5. The summed E-state index contributed by atoms with van der Waals surface area (Å²) in [6.45, 7) is 1.23. The molecule has 0 unspecified atom stereocenters. The number of rotatable bonds is 8. The number of hydrogen-bond acceptors (Lipinski definition) is 3. The summed E-state index contributed by atoms with van der Waals surface area (Å²) in [5, 5.41) is 0. The first-order valence-electron chi connectivity index (χ1n) is 11.8. The molecular weight excluding hydrogens is 410 g/mol. The summed E-state index contributed by atoms with van der Waals surface area (Å²) in [7, 11) is 0. The molecule has 0 bridgehead atoms. The minimum absolute atomic E-state index is 0.156. The fourth-order valence-corrected chi connectivity index (χ4v) is 4.38. The Morgan fingerprint density at radius 1 is 0.788 bits per heavy atom. The molecule has 0 radical (unpaired) electrons. The van der Waals surface area contributed by atoms with E-state index in [1.165, 1.54) is 5.56 Å². The van der Waals surface area contributed by atoms with E-state index in [-0.39, 0.29) is 23.9 Å². The van der Waals surface area contributed by atoms with Gasteiger partial charge in [-0.2, -0.15) is 0 Å². The number of aryl methyl sites for hydroxylation is 1. The highest BCUT2D eigenvalue weighted by Crippen LogP contribution is 2.27. The highest BCUT2D eigenvalue weighted by Gasteiger charge is 2.30. The molecule has 0 spiro atoms. The Bertz CT molecular complexity index is 1010. The molecule has 0 aliphatic carbocycles. The van der Waals surface area contributed by atoms with Crippen LogP contribution in [-0.4, -0.2) is 29.9 Å². The fraction of sp³-hybridized carbons (Fsp3) is 0.310. The highest BCUT2D eigenvalue weighted by molar-refractivity contribution is 5.77. The number of ether oxygens (including phenoxy) is 1. The van der Waals surface area contributed by atoms with E-state index < -0.39 is 0 Å². The lowest BCUT2D eigenvalue weighted by Gasteiger charge is -2.32. The van der Waals surface area contributed by atoms with Gasteiger partial charge < -0.3 is 9.64 Å². The SMILES string of the molecule is O=C(O[C@@H](Cc1ccccc1)c1ccccc1)C1CCN(C(=O)CCc2ccccc2)CC1. The molecular formula is C29H31NO3. The van der Waals surface area contributed by atoms with Gasteiger partial charge in [-0.3, -0.25) is 9.59 Å². The van der Waals surface area contributed by atoms with Gasteiger partial charge in [0.05, 0.1) is 5.92 Å². The van der Waals surface area contributed by atoms with E-state index in [4.69, 9.17) is 4.74 Å². The quantitative estimate of drug-likeness (QED) is 0.441. The largest absolute Gasteiger partial charge is 0.457 e. The number of amides is 1. The molecule has 1 heterocycles. The molecule has 4 heteroatoms. The molecule has 0 aromatic heterocycles. The Kier molecular flexibility index (Phi) is 7.91. The zero-order valence-corrected chi connectivity index (χ0v) is 18.9. The van der Waals surface area contributed by atoms with E-state index in [1.54, 1.807) is 0 Å². The Morgan fingerprint density at radius 2 is 1.33 bits per heavy atom. The average molecular weight is 442 g/mol. The van der Waals surface area contributed by atoms with Crippen LogP contribution in [0.2, 0.25) is 0 Å². The normalized spacial score (nSPS) is 15.1. The molecule has 1 aliphatic rings. The summed E-state index contributed by atoms with van der Waals surface area (Å²) < 4.78 is 6.04. The molecule has 1 atom stereocenters. The molecule has 3 aromatic carbocycles. The summed E-state index contributed by atoms with van der Waals surface area (Å²) in [5.74, 6) is -0.154. The van der Waals surface area contributed by atoms with Crippen LogP contribution in [0.25, 0.3) is 0 Å². The molecule has 4 nitrogen and oxygen atoms in total. The number of likely N-dealkylation sites (tertiary alicyclic amines) is 1. The Hall–Kier alpha value is -3.40. The number of benzene rings is 3. The van der Waals surface area contributed by atoms with Crippen LogP contribution in [0.3, 0.4) is 0 Å². The minimum atomic E-state index is -0.313. The van der Waals surface area contributed by atoms with Gasteiger partial charge >= 0.3 is 5.97 Å². The summed E-state index contributed by atoms with van der Waals surface area (Å²) in [4.78, 5) is 27.6. The van der Waals surface area contributed by atoms with Crippen molar-refractivity contribution in [2.24, 2.45) is 5.92 Å². The Balaban J connectivity index is 1.30. The van der Waals surface area contributed by atoms with Crippen molar-refractivity contribution in [3.8, 4) is 0 Å². The van der Waals surface area contributed by atoms with Crippen LogP contribution in [0.1, 0.15) is 42.1 Å². The van der Waals surface area contributed by atoms with Crippen LogP contribution >= 0.6 is 0 Å². The van der Waals surface area contributed by atoms with Crippen molar-refractivity contribution in [3.63, 3.8) is 0 Å². The fourth-order valence-electron chi connectivity index (χ4n) is 4.38. The van der Waals surface area contributed by atoms with Gasteiger partial charge in [-0.1, -0.05) is 91.0 Å². The zero-order chi connectivity index (χ0) is 22.9. The molecule has 0 saturated carbocycles. The van der Waals surface area contributed by atoms with E-state index >= 15 is 0 Å². The van der Waals surface area contributed by atoms with Gasteiger partial charge in [0.2, 0.25) is 5.91 Å². The molecule has 1 amide bonds. The molecule has 0 N–H and O–H groups in total. The van der Waals surface area contributed by atoms with Crippen molar-refractivity contribution < 1.29 is 14.3 Å². The zero-order valence-electron chi connectivity index (χ0n) is 18.9. The molecule has 3 aromatic rings. The lowest BCUT2D eigenvalue weighted by atomic mass is 9.95. The van der Waals surface area contributed by atoms with Crippen molar-refractivity contribution in [1.82, 2.24) is 4.90 Å². The molecule has 4 rings (SSSR count). The van der Waals surface area contributed by atoms with E-state index in [0.717, 1.165) is 17.5 Å². The van der Waals surface area contributed by atoms with Gasteiger partial charge in [-0.25, -0.2) is 0 Å². The minimum Gasteiger partial charge on any atom is -0.457 e. The molecule has 1 aliphatic heterocycles. The molecule has 1 fully saturated rings. The number of piperidine rings is 1. The molecule has 33 heavy (non-hydrogen) atoms. The summed E-state index contributed by atoms with van der Waals surface area (Å²) in [5.41, 5.74) is 3.32. The van der Waals surface area contributed by atoms with E-state index in [0.29, 0.717) is 38.8 Å².